The molecule has 12 heteroatoms. The van der Waals surface area contributed by atoms with E-state index in [9.17, 15) is 20.2 Å². The van der Waals surface area contributed by atoms with E-state index in [0.717, 1.165) is 62.9 Å². The average molecular weight is 814 g/mol. The molecular weight excluding hydrogens is 771 g/mol. The quantitative estimate of drug-likeness (QED) is 0.0544. The fourth-order valence-corrected chi connectivity index (χ4v) is 8.95. The van der Waals surface area contributed by atoms with Crippen LogP contribution in [-0.4, -0.2) is 28.9 Å². The number of hydrogen-bond donors (Lipinski definition) is 0. The Morgan fingerprint density at radius 2 is 1.00 bits per heavy atom. The number of nitro benzene ring substituents is 2. The third-order valence-electron chi connectivity index (χ3n) is 11.2. The van der Waals surface area contributed by atoms with Crippen LogP contribution in [0.5, 0.6) is 0 Å². The van der Waals surface area contributed by atoms with Crippen LogP contribution in [0.4, 0.5) is 11.4 Å². The Labute approximate surface area is 345 Å². The van der Waals surface area contributed by atoms with Crippen LogP contribution in [0.2, 0.25) is 10.0 Å². The first-order valence-electron chi connectivity index (χ1n) is 19.9. The summed E-state index contributed by atoms with van der Waals surface area (Å²) < 4.78 is 4.62. The van der Waals surface area contributed by atoms with Crippen molar-refractivity contribution >= 4 is 78.2 Å². The van der Waals surface area contributed by atoms with Crippen LogP contribution in [0.15, 0.2) is 109 Å². The maximum Gasteiger partial charge on any atom is 0.270 e. The minimum absolute atomic E-state index is 0.0842. The van der Waals surface area contributed by atoms with Gasteiger partial charge in [0.05, 0.1) is 53.3 Å². The summed E-state index contributed by atoms with van der Waals surface area (Å²) in [4.78, 5) is 33.1. The fourth-order valence-electron chi connectivity index (χ4n) is 8.54. The Morgan fingerprint density at radius 3 is 1.45 bits per heavy atom. The first-order chi connectivity index (χ1) is 28.3. The van der Waals surface area contributed by atoms with Crippen LogP contribution >= 0.6 is 23.2 Å². The number of para-hydroxylation sites is 2. The van der Waals surface area contributed by atoms with Crippen molar-refractivity contribution in [3.8, 4) is 22.5 Å². The zero-order valence-electron chi connectivity index (χ0n) is 32.1. The van der Waals surface area contributed by atoms with Gasteiger partial charge < -0.3 is 9.13 Å². The van der Waals surface area contributed by atoms with Gasteiger partial charge in [0, 0.05) is 69.3 Å². The zero-order chi connectivity index (χ0) is 40.3. The van der Waals surface area contributed by atoms with Gasteiger partial charge in [0.25, 0.3) is 11.4 Å². The van der Waals surface area contributed by atoms with Crippen molar-refractivity contribution in [2.24, 2.45) is 0 Å². The monoisotopic (exact) mass is 812 g/mol. The van der Waals surface area contributed by atoms with E-state index in [0.29, 0.717) is 39.0 Å². The number of aromatic nitrogens is 4. The predicted molar refractivity (Wildman–Crippen MR) is 235 cm³/mol. The van der Waals surface area contributed by atoms with Gasteiger partial charge in [-0.3, -0.25) is 30.2 Å². The Bertz CT molecular complexity index is 2650. The number of rotatable bonds is 16. The van der Waals surface area contributed by atoms with Gasteiger partial charge in [-0.05, 0) is 49.2 Å². The fraction of sp³-hybridized carbons (Fsp3) is 0.261. The summed E-state index contributed by atoms with van der Waals surface area (Å²) in [6, 6.07) is 29.3. The van der Waals surface area contributed by atoms with E-state index in [2.05, 4.69) is 40.3 Å². The third kappa shape index (κ3) is 7.27. The first-order valence-corrected chi connectivity index (χ1v) is 20.7. The van der Waals surface area contributed by atoms with E-state index in [-0.39, 0.29) is 17.5 Å². The van der Waals surface area contributed by atoms with Gasteiger partial charge in [-0.1, -0.05) is 118 Å². The third-order valence-corrected chi connectivity index (χ3v) is 11.9. The molecule has 10 nitrogen and oxygen atoms in total. The number of nitro groups is 2. The largest absolute Gasteiger partial charge is 0.317 e. The van der Waals surface area contributed by atoms with Crippen molar-refractivity contribution in [3.63, 3.8) is 0 Å². The second-order valence-corrected chi connectivity index (χ2v) is 15.6. The van der Waals surface area contributed by atoms with Gasteiger partial charge in [0.1, 0.15) is 6.17 Å². The molecule has 0 fully saturated rings. The number of unbranched alkanes of at least 4 members (excludes halogenated alkanes) is 8. The Balaban J connectivity index is 1.41. The molecule has 0 N–H and O–H groups in total. The molecule has 58 heavy (non-hydrogen) atoms. The second-order valence-electron chi connectivity index (χ2n) is 14.8. The van der Waals surface area contributed by atoms with E-state index in [1.54, 1.807) is 24.5 Å². The lowest BCUT2D eigenvalue weighted by Gasteiger charge is -2.27. The number of pyridine rings is 2. The van der Waals surface area contributed by atoms with Gasteiger partial charge in [-0.15, -0.1) is 0 Å². The molecule has 0 amide bonds. The van der Waals surface area contributed by atoms with Crippen molar-refractivity contribution in [1.29, 1.82) is 0 Å². The molecule has 294 valence electrons. The zero-order valence-corrected chi connectivity index (χ0v) is 33.6. The molecule has 0 radical (unpaired) electrons. The number of benzene rings is 4. The molecule has 0 aliphatic heterocycles. The van der Waals surface area contributed by atoms with Gasteiger partial charge in [-0.2, -0.15) is 0 Å². The number of non-ortho nitro benzene ring substituents is 2. The van der Waals surface area contributed by atoms with E-state index in [1.807, 2.05) is 36.4 Å². The lowest BCUT2D eigenvalue weighted by atomic mass is 10.0. The SMILES string of the molecule is CCCCCCCCCCCC(n1c2ccccc2c2ccnc(-c3cc([N+](=O)[O-])ccc3Cl)c21)n1c2ccccc2c2ccnc(-c3cc([N+](=O)[O-])ccc3Cl)c21. The minimum atomic E-state index is -0.423. The lowest BCUT2D eigenvalue weighted by Crippen LogP contribution is -2.19. The Hall–Kier alpha value is -5.84. The van der Waals surface area contributed by atoms with Gasteiger partial charge >= 0.3 is 0 Å². The molecule has 4 aromatic carbocycles. The van der Waals surface area contributed by atoms with Crippen molar-refractivity contribution in [2.45, 2.75) is 77.3 Å². The van der Waals surface area contributed by atoms with Crippen LogP contribution < -0.4 is 0 Å². The molecule has 8 rings (SSSR count). The topological polar surface area (TPSA) is 122 Å². The van der Waals surface area contributed by atoms with E-state index < -0.39 is 9.85 Å². The molecule has 0 bridgehead atoms. The molecular formula is C46H42Cl2N6O4. The highest BCUT2D eigenvalue weighted by molar-refractivity contribution is 6.34. The van der Waals surface area contributed by atoms with Crippen molar-refractivity contribution < 1.29 is 9.85 Å². The van der Waals surface area contributed by atoms with Crippen LogP contribution in [0.25, 0.3) is 66.1 Å². The van der Waals surface area contributed by atoms with Crippen LogP contribution in [0, 0.1) is 20.2 Å². The van der Waals surface area contributed by atoms with Crippen LogP contribution in [0.1, 0.15) is 77.3 Å². The molecule has 0 unspecified atom stereocenters. The molecule has 4 heterocycles. The van der Waals surface area contributed by atoms with Gasteiger partial charge in [-0.25, -0.2) is 0 Å². The van der Waals surface area contributed by atoms with Gasteiger partial charge in [0.15, 0.2) is 0 Å². The molecule has 0 saturated carbocycles. The first kappa shape index (κ1) is 39.0. The van der Waals surface area contributed by atoms with E-state index in [4.69, 9.17) is 33.2 Å². The Morgan fingerprint density at radius 1 is 0.569 bits per heavy atom. The highest BCUT2D eigenvalue weighted by atomic mass is 35.5. The standard InChI is InChI=1S/C46H42Cl2N6O4/c1-2-3-4-5-6-7-8-9-10-19-42(51-40-17-13-11-15-32(40)34-24-26-49-43(45(34)51)36-28-30(53(55)56)20-22-38(36)47)52-41-18-14-12-16-33(41)35-25-27-50-44(46(35)52)37-29-31(54(57)58)21-23-39(37)48/h11-18,20-29,42H,2-10,19H2,1H3. The molecule has 0 aliphatic rings. The maximum absolute atomic E-state index is 12.1. The van der Waals surface area contributed by atoms with Crippen molar-refractivity contribution in [3.05, 3.63) is 140 Å². The lowest BCUT2D eigenvalue weighted by molar-refractivity contribution is -0.385. The number of halogens is 2. The van der Waals surface area contributed by atoms with Gasteiger partial charge in [0.2, 0.25) is 0 Å². The second kappa shape index (κ2) is 16.9. The summed E-state index contributed by atoms with van der Waals surface area (Å²) in [5.74, 6) is 0. The minimum Gasteiger partial charge on any atom is -0.317 e. The average Bonchev–Trinajstić information content (AvgIpc) is 3.75. The summed E-state index contributed by atoms with van der Waals surface area (Å²) in [6.45, 7) is 2.24. The molecule has 0 atom stereocenters. The highest BCUT2D eigenvalue weighted by Crippen LogP contribution is 2.45. The van der Waals surface area contributed by atoms with E-state index in [1.165, 1.54) is 62.8 Å². The smallest absolute Gasteiger partial charge is 0.270 e. The van der Waals surface area contributed by atoms with Crippen LogP contribution in [-0.2, 0) is 0 Å². The van der Waals surface area contributed by atoms with Crippen molar-refractivity contribution in [2.75, 3.05) is 0 Å². The predicted octanol–water partition coefficient (Wildman–Crippen LogP) is 14.1. The highest BCUT2D eigenvalue weighted by Gasteiger charge is 2.29. The summed E-state index contributed by atoms with van der Waals surface area (Å²) in [5, 5.41) is 28.7. The number of fused-ring (bicyclic) bond motifs is 6. The Kier molecular flexibility index (Phi) is 11.4. The summed E-state index contributed by atoms with van der Waals surface area (Å²) >= 11 is 13.8. The van der Waals surface area contributed by atoms with Crippen molar-refractivity contribution in [1.82, 2.24) is 19.1 Å². The molecule has 0 saturated heterocycles. The molecule has 0 spiro atoms. The number of nitrogens with zero attached hydrogens (tertiary/aromatic N) is 6. The summed E-state index contributed by atoms with van der Waals surface area (Å²) in [6.07, 6.45) is 14.3. The molecule has 0 aliphatic carbocycles. The normalized spacial score (nSPS) is 11.8. The van der Waals surface area contributed by atoms with E-state index >= 15 is 0 Å². The molecule has 8 aromatic rings. The summed E-state index contributed by atoms with van der Waals surface area (Å²) in [5.41, 5.74) is 5.30. The summed E-state index contributed by atoms with van der Waals surface area (Å²) in [7, 11) is 0. The molecule has 4 aromatic heterocycles. The van der Waals surface area contributed by atoms with Crippen LogP contribution in [0.3, 0.4) is 0 Å². The maximum atomic E-state index is 12.1. The number of hydrogen-bond acceptors (Lipinski definition) is 6.